The molecular weight excluding hydrogens is 352 g/mol. The lowest BCUT2D eigenvalue weighted by atomic mass is 9.65. The molecule has 1 aliphatic carbocycles. The maximum Gasteiger partial charge on any atom is 0.134 e. The molecule has 1 N–H and O–H groups in total. The molecule has 2 aliphatic rings. The fraction of sp³-hybridized carbons (Fsp3) is 0.684. The van der Waals surface area contributed by atoms with Crippen molar-refractivity contribution in [2.24, 2.45) is 18.9 Å². The number of hydrogen-bond donors (Lipinski definition) is 1. The summed E-state index contributed by atoms with van der Waals surface area (Å²) in [6, 6.07) is 1.89. The number of halogens is 1. The second-order valence-electron chi connectivity index (χ2n) is 8.07. The van der Waals surface area contributed by atoms with Crippen LogP contribution in [-0.4, -0.2) is 43.6 Å². The Morgan fingerprint density at radius 3 is 2.77 bits per heavy atom. The van der Waals surface area contributed by atoms with Crippen LogP contribution in [0.5, 0.6) is 0 Å². The zero-order chi connectivity index (χ0) is 18.5. The van der Waals surface area contributed by atoms with Crippen LogP contribution in [0.25, 0.3) is 11.4 Å². The van der Waals surface area contributed by atoms with Gasteiger partial charge in [0.15, 0.2) is 0 Å². The first-order chi connectivity index (χ1) is 12.4. The van der Waals surface area contributed by atoms with Crippen molar-refractivity contribution < 1.29 is 9.63 Å². The summed E-state index contributed by atoms with van der Waals surface area (Å²) in [7, 11) is 1.84. The monoisotopic (exact) mass is 378 g/mol. The summed E-state index contributed by atoms with van der Waals surface area (Å²) in [5, 5.41) is 20.4. The summed E-state index contributed by atoms with van der Waals surface area (Å²) in [5.41, 5.74) is 1.97. The Hall–Kier alpha value is -1.37. The second kappa shape index (κ2) is 6.66. The summed E-state index contributed by atoms with van der Waals surface area (Å²) in [5.74, 6) is 1.50. The summed E-state index contributed by atoms with van der Waals surface area (Å²) in [6.45, 7) is 6.50. The quantitative estimate of drug-likeness (QED) is 0.883. The van der Waals surface area contributed by atoms with Crippen molar-refractivity contribution in [2.75, 3.05) is 13.1 Å². The van der Waals surface area contributed by atoms with Crippen molar-refractivity contribution in [3.8, 4) is 11.4 Å². The number of aryl methyl sites for hydroxylation is 2. The molecule has 7 heteroatoms. The lowest BCUT2D eigenvalue weighted by Crippen LogP contribution is -2.56. The van der Waals surface area contributed by atoms with Gasteiger partial charge in [0.1, 0.15) is 22.3 Å². The summed E-state index contributed by atoms with van der Waals surface area (Å²) < 4.78 is 6.90. The van der Waals surface area contributed by atoms with Gasteiger partial charge in [-0.15, -0.1) is 0 Å². The maximum atomic E-state index is 11.1. The van der Waals surface area contributed by atoms with Gasteiger partial charge in [0.25, 0.3) is 0 Å². The van der Waals surface area contributed by atoms with E-state index in [0.717, 1.165) is 42.2 Å². The molecule has 0 unspecified atom stereocenters. The highest BCUT2D eigenvalue weighted by atomic mass is 35.5. The largest absolute Gasteiger partial charge is 0.389 e. The van der Waals surface area contributed by atoms with Crippen molar-refractivity contribution in [1.82, 2.24) is 19.8 Å². The van der Waals surface area contributed by atoms with E-state index in [0.29, 0.717) is 17.6 Å². The van der Waals surface area contributed by atoms with Gasteiger partial charge < -0.3 is 9.63 Å². The number of rotatable bonds is 4. The van der Waals surface area contributed by atoms with E-state index < -0.39 is 5.60 Å². The van der Waals surface area contributed by atoms with Crippen molar-refractivity contribution in [3.63, 3.8) is 0 Å². The summed E-state index contributed by atoms with van der Waals surface area (Å²) in [6.07, 6.45) is 4.43. The Labute approximate surface area is 159 Å². The highest BCUT2D eigenvalue weighted by Gasteiger charge is 2.46. The van der Waals surface area contributed by atoms with Gasteiger partial charge in [-0.2, -0.15) is 5.10 Å². The fourth-order valence-electron chi connectivity index (χ4n) is 4.47. The number of nitrogens with zero attached hydrogens (tertiary/aromatic N) is 4. The number of likely N-dealkylation sites (tertiary alicyclic amines) is 1. The molecule has 1 saturated heterocycles. The third-order valence-electron chi connectivity index (χ3n) is 6.35. The van der Waals surface area contributed by atoms with E-state index in [1.807, 2.05) is 20.0 Å². The Morgan fingerprint density at radius 2 is 2.19 bits per heavy atom. The third kappa shape index (κ3) is 2.98. The molecule has 2 atom stereocenters. The van der Waals surface area contributed by atoms with Crippen LogP contribution >= 0.6 is 11.6 Å². The molecule has 4 rings (SSSR count). The van der Waals surface area contributed by atoms with Gasteiger partial charge in [-0.05, 0) is 38.0 Å². The molecule has 2 fully saturated rings. The number of aliphatic hydroxyl groups is 1. The first-order valence-electron chi connectivity index (χ1n) is 9.48. The molecule has 0 amide bonds. The van der Waals surface area contributed by atoms with E-state index in [1.165, 1.54) is 19.3 Å². The van der Waals surface area contributed by atoms with E-state index >= 15 is 0 Å². The van der Waals surface area contributed by atoms with Crippen LogP contribution in [0.3, 0.4) is 0 Å². The van der Waals surface area contributed by atoms with Gasteiger partial charge in [-0.25, -0.2) is 0 Å². The van der Waals surface area contributed by atoms with Gasteiger partial charge in [-0.1, -0.05) is 30.1 Å². The smallest absolute Gasteiger partial charge is 0.134 e. The topological polar surface area (TPSA) is 67.3 Å². The fourth-order valence-corrected chi connectivity index (χ4v) is 4.66. The van der Waals surface area contributed by atoms with E-state index in [1.54, 1.807) is 4.68 Å². The molecule has 0 aromatic carbocycles. The Morgan fingerprint density at radius 1 is 1.42 bits per heavy atom. The van der Waals surface area contributed by atoms with Crippen molar-refractivity contribution in [2.45, 2.75) is 51.7 Å². The van der Waals surface area contributed by atoms with E-state index in [-0.39, 0.29) is 5.92 Å². The maximum absolute atomic E-state index is 11.1. The van der Waals surface area contributed by atoms with Gasteiger partial charge >= 0.3 is 0 Å². The van der Waals surface area contributed by atoms with Crippen LogP contribution in [0.4, 0.5) is 0 Å². The lowest BCUT2D eigenvalue weighted by molar-refractivity contribution is -0.128. The lowest BCUT2D eigenvalue weighted by Gasteiger charge is -2.50. The van der Waals surface area contributed by atoms with Crippen LogP contribution in [0.1, 0.15) is 43.9 Å². The molecule has 3 heterocycles. The zero-order valence-electron chi connectivity index (χ0n) is 15.7. The Bertz CT molecular complexity index is 798. The normalized spacial score (nSPS) is 27.7. The first kappa shape index (κ1) is 18.0. The van der Waals surface area contributed by atoms with Crippen LogP contribution in [0.15, 0.2) is 10.6 Å². The molecule has 142 valence electrons. The predicted molar refractivity (Wildman–Crippen MR) is 99.8 cm³/mol. The molecule has 2 aromatic heterocycles. The van der Waals surface area contributed by atoms with Crippen molar-refractivity contribution in [3.05, 3.63) is 22.5 Å². The summed E-state index contributed by atoms with van der Waals surface area (Å²) in [4.78, 5) is 2.37. The van der Waals surface area contributed by atoms with Crippen LogP contribution in [0.2, 0.25) is 5.15 Å². The SMILES string of the molecule is Cc1cc(-c2nn(C)c(Cl)c2CN2CC[C@@](O)(C3CCC3)[C@H](C)C2)no1. The molecule has 0 radical (unpaired) electrons. The zero-order valence-corrected chi connectivity index (χ0v) is 16.5. The predicted octanol–water partition coefficient (Wildman–Crippen LogP) is 3.41. The van der Waals surface area contributed by atoms with E-state index in [9.17, 15) is 5.11 Å². The molecule has 6 nitrogen and oxygen atoms in total. The Kier molecular flexibility index (Phi) is 4.61. The molecule has 1 aliphatic heterocycles. The minimum atomic E-state index is -0.500. The summed E-state index contributed by atoms with van der Waals surface area (Å²) >= 11 is 6.53. The molecule has 0 bridgehead atoms. The van der Waals surface area contributed by atoms with Crippen LogP contribution in [0, 0.1) is 18.8 Å². The van der Waals surface area contributed by atoms with Crippen molar-refractivity contribution in [1.29, 1.82) is 0 Å². The minimum absolute atomic E-state index is 0.259. The molecule has 1 saturated carbocycles. The minimum Gasteiger partial charge on any atom is -0.389 e. The molecule has 26 heavy (non-hydrogen) atoms. The second-order valence-corrected chi connectivity index (χ2v) is 8.43. The van der Waals surface area contributed by atoms with Gasteiger partial charge in [0.05, 0.1) is 5.60 Å². The van der Waals surface area contributed by atoms with Gasteiger partial charge in [-0.3, -0.25) is 9.58 Å². The van der Waals surface area contributed by atoms with Crippen LogP contribution in [-0.2, 0) is 13.6 Å². The van der Waals surface area contributed by atoms with Gasteiger partial charge in [0.2, 0.25) is 0 Å². The standard InChI is InChI=1S/C19H27ClN4O2/c1-12-10-24(8-7-19(12,25)14-5-4-6-14)11-15-17(21-23(3)18(15)20)16-9-13(2)26-22-16/h9,12,14,25H,4-8,10-11H2,1-3H3/t12-,19+/m1/s1. The number of aromatic nitrogens is 3. The molecule has 0 spiro atoms. The highest BCUT2D eigenvalue weighted by Crippen LogP contribution is 2.45. The average molecular weight is 379 g/mol. The highest BCUT2D eigenvalue weighted by molar-refractivity contribution is 6.30. The van der Waals surface area contributed by atoms with E-state index in [2.05, 4.69) is 22.1 Å². The molecular formula is C19H27ClN4O2. The molecule has 2 aromatic rings. The average Bonchev–Trinajstić information content (AvgIpc) is 3.08. The Balaban J connectivity index is 1.53. The number of piperidine rings is 1. The van der Waals surface area contributed by atoms with Gasteiger partial charge in [0, 0.05) is 38.3 Å². The van der Waals surface area contributed by atoms with E-state index in [4.69, 9.17) is 16.1 Å². The first-order valence-corrected chi connectivity index (χ1v) is 9.86. The third-order valence-corrected chi connectivity index (χ3v) is 6.82. The van der Waals surface area contributed by atoms with Crippen molar-refractivity contribution >= 4 is 11.6 Å². The number of hydrogen-bond acceptors (Lipinski definition) is 5. The van der Waals surface area contributed by atoms with Crippen LogP contribution < -0.4 is 0 Å².